The molecule has 0 spiro atoms. The maximum atomic E-state index is 2.33. The Hall–Kier alpha value is -4.10. The van der Waals surface area contributed by atoms with Crippen LogP contribution >= 0.6 is 0 Å². The van der Waals surface area contributed by atoms with Gasteiger partial charge < -0.3 is 4.90 Å². The lowest BCUT2D eigenvalue weighted by atomic mass is 10.0. The highest BCUT2D eigenvalue weighted by Crippen LogP contribution is 2.37. The Morgan fingerprint density at radius 1 is 0.364 bits per heavy atom. The van der Waals surface area contributed by atoms with Gasteiger partial charge in [-0.15, -0.1) is 0 Å². The number of rotatable bonds is 5. The molecule has 0 fully saturated rings. The van der Waals surface area contributed by atoms with Crippen molar-refractivity contribution in [2.45, 2.75) is 13.8 Å². The summed E-state index contributed by atoms with van der Waals surface area (Å²) in [5.74, 6) is 0. The highest BCUT2D eigenvalue weighted by molar-refractivity contribution is 5.80. The van der Waals surface area contributed by atoms with Crippen LogP contribution in [0.2, 0.25) is 0 Å². The lowest BCUT2D eigenvalue weighted by Crippen LogP contribution is -2.10. The van der Waals surface area contributed by atoms with Crippen molar-refractivity contribution >= 4 is 17.1 Å². The van der Waals surface area contributed by atoms with Gasteiger partial charge in [0.05, 0.1) is 0 Å². The second kappa shape index (κ2) is 9.18. The molecule has 0 heterocycles. The smallest absolute Gasteiger partial charge is 0.0464 e. The van der Waals surface area contributed by atoms with E-state index in [2.05, 4.69) is 146 Å². The second-order valence-corrected chi connectivity index (χ2v) is 8.43. The summed E-state index contributed by atoms with van der Waals surface area (Å²) in [4.78, 5) is 2.33. The van der Waals surface area contributed by atoms with E-state index in [1.807, 2.05) is 0 Å². The molecule has 0 unspecified atom stereocenters. The molecular weight excluding hydrogens is 398 g/mol. The van der Waals surface area contributed by atoms with E-state index >= 15 is 0 Å². The van der Waals surface area contributed by atoms with Gasteiger partial charge in [0.25, 0.3) is 0 Å². The Kier molecular flexibility index (Phi) is 5.78. The number of nitrogens with zero attached hydrogens (tertiary/aromatic N) is 1. The topological polar surface area (TPSA) is 3.24 Å². The minimum atomic E-state index is 1.14. The van der Waals surface area contributed by atoms with Gasteiger partial charge in [0.2, 0.25) is 0 Å². The molecule has 0 saturated heterocycles. The van der Waals surface area contributed by atoms with Crippen LogP contribution in [0, 0.1) is 13.8 Å². The number of aryl methyl sites for hydroxylation is 2. The van der Waals surface area contributed by atoms with Gasteiger partial charge in [-0.05, 0) is 83.6 Å². The van der Waals surface area contributed by atoms with Crippen LogP contribution in [0.4, 0.5) is 17.1 Å². The summed E-state index contributed by atoms with van der Waals surface area (Å²) in [5, 5.41) is 0. The zero-order valence-electron chi connectivity index (χ0n) is 19.1. The molecule has 5 aromatic rings. The Balaban J connectivity index is 1.56. The minimum Gasteiger partial charge on any atom is -0.310 e. The monoisotopic (exact) mass is 425 g/mol. The van der Waals surface area contributed by atoms with Crippen molar-refractivity contribution in [3.05, 3.63) is 139 Å². The summed E-state index contributed by atoms with van der Waals surface area (Å²) in [6.07, 6.45) is 0. The molecule has 0 bridgehead atoms. The number of anilines is 3. The Morgan fingerprint density at radius 2 is 0.758 bits per heavy atom. The van der Waals surface area contributed by atoms with Crippen LogP contribution in [0.15, 0.2) is 127 Å². The maximum absolute atomic E-state index is 2.33. The molecule has 0 atom stereocenters. The second-order valence-electron chi connectivity index (χ2n) is 8.43. The molecule has 0 saturated carbocycles. The van der Waals surface area contributed by atoms with Gasteiger partial charge in [-0.3, -0.25) is 0 Å². The third kappa shape index (κ3) is 4.44. The largest absolute Gasteiger partial charge is 0.310 e. The van der Waals surface area contributed by atoms with E-state index < -0.39 is 0 Å². The predicted molar refractivity (Wildman–Crippen MR) is 141 cm³/mol. The molecule has 0 aliphatic heterocycles. The fraction of sp³-hybridized carbons (Fsp3) is 0.0625. The lowest BCUT2D eigenvalue weighted by Gasteiger charge is -2.26. The molecule has 0 aliphatic rings. The van der Waals surface area contributed by atoms with Crippen molar-refractivity contribution in [2.75, 3.05) is 4.90 Å². The molecule has 5 aromatic carbocycles. The Morgan fingerprint density at radius 3 is 1.18 bits per heavy atom. The standard InChI is InChI=1S/C32H27N/c1-24-13-18-32(23-25(24)2)33(30-19-14-28(15-20-30)26-9-5-3-6-10-26)31-21-16-29(17-22-31)27-11-7-4-8-12-27/h3-23H,1-2H3. The summed E-state index contributed by atoms with van der Waals surface area (Å²) in [6, 6.07) is 45.4. The van der Waals surface area contributed by atoms with Crippen LogP contribution in [0.25, 0.3) is 22.3 Å². The quantitative estimate of drug-likeness (QED) is 0.271. The molecule has 0 N–H and O–H groups in total. The fourth-order valence-electron chi connectivity index (χ4n) is 4.18. The van der Waals surface area contributed by atoms with Crippen LogP contribution in [0.1, 0.15) is 11.1 Å². The molecule has 33 heavy (non-hydrogen) atoms. The molecule has 0 aromatic heterocycles. The Labute approximate surface area is 196 Å². The maximum Gasteiger partial charge on any atom is 0.0464 e. The minimum absolute atomic E-state index is 1.14. The molecule has 160 valence electrons. The number of hydrogen-bond donors (Lipinski definition) is 0. The van der Waals surface area contributed by atoms with E-state index in [4.69, 9.17) is 0 Å². The molecule has 1 nitrogen and oxygen atoms in total. The first kappa shape index (κ1) is 20.8. The molecular formula is C32H27N. The van der Waals surface area contributed by atoms with Crippen molar-refractivity contribution < 1.29 is 0 Å². The van der Waals surface area contributed by atoms with Gasteiger partial charge in [0.15, 0.2) is 0 Å². The average Bonchev–Trinajstić information content (AvgIpc) is 2.88. The van der Waals surface area contributed by atoms with Gasteiger partial charge in [0.1, 0.15) is 0 Å². The first-order valence-corrected chi connectivity index (χ1v) is 11.4. The first-order valence-electron chi connectivity index (χ1n) is 11.4. The van der Waals surface area contributed by atoms with E-state index in [1.54, 1.807) is 0 Å². The zero-order chi connectivity index (χ0) is 22.6. The van der Waals surface area contributed by atoms with Gasteiger partial charge in [-0.25, -0.2) is 0 Å². The van der Waals surface area contributed by atoms with E-state index in [1.165, 1.54) is 33.4 Å². The first-order chi connectivity index (χ1) is 16.2. The van der Waals surface area contributed by atoms with Crippen LogP contribution in [0.3, 0.4) is 0 Å². The van der Waals surface area contributed by atoms with Crippen molar-refractivity contribution in [1.29, 1.82) is 0 Å². The normalized spacial score (nSPS) is 10.7. The number of hydrogen-bond acceptors (Lipinski definition) is 1. The van der Waals surface area contributed by atoms with Crippen LogP contribution in [-0.4, -0.2) is 0 Å². The average molecular weight is 426 g/mol. The number of benzene rings is 5. The summed E-state index contributed by atoms with van der Waals surface area (Å²) in [7, 11) is 0. The molecule has 5 rings (SSSR count). The predicted octanol–water partition coefficient (Wildman–Crippen LogP) is 9.11. The van der Waals surface area contributed by atoms with Crippen LogP contribution in [0.5, 0.6) is 0 Å². The highest BCUT2D eigenvalue weighted by atomic mass is 15.1. The van der Waals surface area contributed by atoms with Crippen molar-refractivity contribution in [1.82, 2.24) is 0 Å². The molecule has 1 heteroatoms. The molecule has 0 radical (unpaired) electrons. The Bertz CT molecular complexity index is 1250. The van der Waals surface area contributed by atoms with Gasteiger partial charge >= 0.3 is 0 Å². The van der Waals surface area contributed by atoms with Crippen molar-refractivity contribution in [2.24, 2.45) is 0 Å². The van der Waals surface area contributed by atoms with Crippen molar-refractivity contribution in [3.8, 4) is 22.3 Å². The van der Waals surface area contributed by atoms with Crippen molar-refractivity contribution in [3.63, 3.8) is 0 Å². The molecule has 0 amide bonds. The van der Waals surface area contributed by atoms with Gasteiger partial charge in [0, 0.05) is 17.1 Å². The van der Waals surface area contributed by atoms with E-state index in [0.717, 1.165) is 17.1 Å². The van der Waals surface area contributed by atoms with E-state index in [-0.39, 0.29) is 0 Å². The molecule has 0 aliphatic carbocycles. The van der Waals surface area contributed by atoms with Gasteiger partial charge in [-0.1, -0.05) is 91.0 Å². The third-order valence-electron chi connectivity index (χ3n) is 6.21. The zero-order valence-corrected chi connectivity index (χ0v) is 19.1. The van der Waals surface area contributed by atoms with E-state index in [9.17, 15) is 0 Å². The van der Waals surface area contributed by atoms with E-state index in [0.29, 0.717) is 0 Å². The summed E-state index contributed by atoms with van der Waals surface area (Å²) in [6.45, 7) is 4.33. The summed E-state index contributed by atoms with van der Waals surface area (Å²) in [5.41, 5.74) is 11.0. The van der Waals surface area contributed by atoms with Gasteiger partial charge in [-0.2, -0.15) is 0 Å². The highest BCUT2D eigenvalue weighted by Gasteiger charge is 2.14. The van der Waals surface area contributed by atoms with Crippen LogP contribution < -0.4 is 4.90 Å². The van der Waals surface area contributed by atoms with Crippen LogP contribution in [-0.2, 0) is 0 Å². The fourth-order valence-corrected chi connectivity index (χ4v) is 4.18. The SMILES string of the molecule is Cc1ccc(N(c2ccc(-c3ccccc3)cc2)c2ccc(-c3ccccc3)cc2)cc1C. The lowest BCUT2D eigenvalue weighted by molar-refractivity contribution is 1.25. The summed E-state index contributed by atoms with van der Waals surface area (Å²) >= 11 is 0. The summed E-state index contributed by atoms with van der Waals surface area (Å²) < 4.78 is 0. The third-order valence-corrected chi connectivity index (χ3v) is 6.21.